The summed E-state index contributed by atoms with van der Waals surface area (Å²) in [6.45, 7) is 2.02. The molecule has 28 heavy (non-hydrogen) atoms. The second-order valence-electron chi connectivity index (χ2n) is 7.24. The molecule has 2 aromatic heterocycles. The lowest BCUT2D eigenvalue weighted by Gasteiger charge is -2.36. The van der Waals surface area contributed by atoms with Crippen molar-refractivity contribution in [3.8, 4) is 11.3 Å². The lowest BCUT2D eigenvalue weighted by atomic mass is 10.0. The number of anilines is 1. The van der Waals surface area contributed by atoms with E-state index in [1.165, 1.54) is 12.1 Å². The van der Waals surface area contributed by atoms with Gasteiger partial charge in [0.15, 0.2) is 5.82 Å². The van der Waals surface area contributed by atoms with Crippen molar-refractivity contribution < 1.29 is 13.2 Å². The predicted molar refractivity (Wildman–Crippen MR) is 101 cm³/mol. The van der Waals surface area contributed by atoms with Crippen molar-refractivity contribution in [2.45, 2.75) is 25.1 Å². The maximum Gasteiger partial charge on any atom is 0.416 e. The summed E-state index contributed by atoms with van der Waals surface area (Å²) < 4.78 is 38.5. The van der Waals surface area contributed by atoms with Gasteiger partial charge in [-0.25, -0.2) is 4.98 Å². The summed E-state index contributed by atoms with van der Waals surface area (Å²) in [4.78, 5) is 11.9. The first-order chi connectivity index (χ1) is 13.3. The third-order valence-corrected chi connectivity index (χ3v) is 5.30. The van der Waals surface area contributed by atoms with Crippen molar-refractivity contribution in [2.24, 2.45) is 0 Å². The monoisotopic (exact) mass is 390 g/mol. The number of likely N-dealkylation sites (tertiary alicyclic amines) is 1. The molecule has 0 saturated carbocycles. The maximum atomic E-state index is 12.8. The van der Waals surface area contributed by atoms with Crippen LogP contribution < -0.4 is 4.90 Å². The van der Waals surface area contributed by atoms with Crippen molar-refractivity contribution >= 4 is 16.9 Å². The lowest BCUT2D eigenvalue weighted by molar-refractivity contribution is -0.137. The fourth-order valence-electron chi connectivity index (χ4n) is 3.73. The van der Waals surface area contributed by atoms with Gasteiger partial charge in [0.25, 0.3) is 0 Å². The van der Waals surface area contributed by atoms with Gasteiger partial charge in [-0.3, -0.25) is 0 Å². The highest BCUT2D eigenvalue weighted by Gasteiger charge is 2.30. The summed E-state index contributed by atoms with van der Waals surface area (Å²) in [5.41, 5.74) is 1.65. The van der Waals surface area contributed by atoms with Crippen LogP contribution in [0.1, 0.15) is 18.4 Å². The average molecular weight is 390 g/mol. The standard InChI is InChI=1S/C19H21F3N6/c1-27-9-3-4-14(10-27)28(2)18-17-16(23-11-24-17)15(25-26-18)12-5-7-13(8-6-12)19(20,21)22/h5-8,11,14H,3-4,9-10H2,1-2H3,(H,23,24)/t14-/m1/s1. The van der Waals surface area contributed by atoms with Gasteiger partial charge in [-0.15, -0.1) is 10.2 Å². The number of fused-ring (bicyclic) bond motifs is 1. The van der Waals surface area contributed by atoms with Crippen molar-refractivity contribution in [1.29, 1.82) is 0 Å². The molecule has 0 spiro atoms. The summed E-state index contributed by atoms with van der Waals surface area (Å²) in [6, 6.07) is 5.22. The van der Waals surface area contributed by atoms with Crippen molar-refractivity contribution in [2.75, 3.05) is 32.1 Å². The summed E-state index contributed by atoms with van der Waals surface area (Å²) >= 11 is 0. The number of nitrogens with zero attached hydrogens (tertiary/aromatic N) is 5. The molecule has 0 aliphatic carbocycles. The molecule has 6 nitrogen and oxygen atoms in total. The van der Waals surface area contributed by atoms with Crippen molar-refractivity contribution in [3.05, 3.63) is 36.2 Å². The van der Waals surface area contributed by atoms with E-state index in [9.17, 15) is 13.2 Å². The second kappa shape index (κ2) is 7.05. The number of hydrogen-bond donors (Lipinski definition) is 1. The molecule has 0 unspecified atom stereocenters. The molecule has 1 aromatic carbocycles. The van der Waals surface area contributed by atoms with Gasteiger partial charge in [0.1, 0.15) is 16.7 Å². The highest BCUT2D eigenvalue weighted by Crippen LogP contribution is 2.33. The van der Waals surface area contributed by atoms with E-state index >= 15 is 0 Å². The Balaban J connectivity index is 1.69. The number of alkyl halides is 3. The van der Waals surface area contributed by atoms with E-state index in [1.54, 1.807) is 6.33 Å². The Hall–Kier alpha value is -2.68. The Morgan fingerprint density at radius 3 is 2.61 bits per heavy atom. The quantitative estimate of drug-likeness (QED) is 0.741. The topological polar surface area (TPSA) is 60.9 Å². The molecule has 1 aliphatic heterocycles. The molecular weight excluding hydrogens is 369 g/mol. The van der Waals surface area contributed by atoms with Gasteiger partial charge in [-0.05, 0) is 38.6 Å². The molecule has 0 amide bonds. The number of halogens is 3. The first kappa shape index (κ1) is 18.7. The number of aromatic amines is 1. The molecule has 4 rings (SSSR count). The molecule has 1 saturated heterocycles. The van der Waals surface area contributed by atoms with E-state index in [1.807, 2.05) is 7.05 Å². The van der Waals surface area contributed by atoms with Gasteiger partial charge in [-0.2, -0.15) is 13.2 Å². The minimum Gasteiger partial charge on any atom is -0.352 e. The van der Waals surface area contributed by atoms with Gasteiger partial charge >= 0.3 is 6.18 Å². The Bertz CT molecular complexity index is 966. The fraction of sp³-hybridized carbons (Fsp3) is 0.421. The van der Waals surface area contributed by atoms with E-state index in [2.05, 4.69) is 37.0 Å². The molecule has 3 aromatic rings. The number of aromatic nitrogens is 4. The average Bonchev–Trinajstić information content (AvgIpc) is 3.16. The van der Waals surface area contributed by atoms with E-state index in [-0.39, 0.29) is 0 Å². The van der Waals surface area contributed by atoms with E-state index in [4.69, 9.17) is 0 Å². The predicted octanol–water partition coefficient (Wildman–Crippen LogP) is 3.57. The van der Waals surface area contributed by atoms with Gasteiger partial charge in [0.05, 0.1) is 11.9 Å². The Kier molecular flexibility index (Phi) is 4.70. The maximum absolute atomic E-state index is 12.8. The van der Waals surface area contributed by atoms with Crippen LogP contribution >= 0.6 is 0 Å². The van der Waals surface area contributed by atoms with Crippen LogP contribution in [0.3, 0.4) is 0 Å². The summed E-state index contributed by atoms with van der Waals surface area (Å²) in [6.07, 6.45) is -0.620. The second-order valence-corrected chi connectivity index (χ2v) is 7.24. The van der Waals surface area contributed by atoms with E-state index < -0.39 is 11.7 Å². The van der Waals surface area contributed by atoms with Crippen LogP contribution in [0.25, 0.3) is 22.3 Å². The third-order valence-electron chi connectivity index (χ3n) is 5.30. The number of piperidine rings is 1. The van der Waals surface area contributed by atoms with Gasteiger partial charge in [0, 0.05) is 25.2 Å². The van der Waals surface area contributed by atoms with Gasteiger partial charge in [0.2, 0.25) is 0 Å². The number of H-pyrrole nitrogens is 1. The molecule has 1 atom stereocenters. The summed E-state index contributed by atoms with van der Waals surface area (Å²) in [5.74, 6) is 0.698. The zero-order chi connectivity index (χ0) is 19.9. The zero-order valence-electron chi connectivity index (χ0n) is 15.7. The van der Waals surface area contributed by atoms with Gasteiger partial charge < -0.3 is 14.8 Å². The van der Waals surface area contributed by atoms with Crippen LogP contribution in [0.4, 0.5) is 19.0 Å². The first-order valence-electron chi connectivity index (χ1n) is 9.13. The molecule has 1 aliphatic rings. The van der Waals surface area contributed by atoms with Crippen molar-refractivity contribution in [1.82, 2.24) is 25.1 Å². The van der Waals surface area contributed by atoms with Crippen LogP contribution in [0.15, 0.2) is 30.6 Å². The minimum absolute atomic E-state index is 0.316. The van der Waals surface area contributed by atoms with Crippen LogP contribution in [0.5, 0.6) is 0 Å². The largest absolute Gasteiger partial charge is 0.416 e. The SMILES string of the molecule is CN1CCC[C@@H](N(C)c2nnc(-c3ccc(C(F)(F)F)cc3)c3nc[nH]c23)C1. The fourth-order valence-corrected chi connectivity index (χ4v) is 3.73. The molecular formula is C19H21F3N6. The zero-order valence-corrected chi connectivity index (χ0v) is 15.7. The number of benzene rings is 1. The van der Waals surface area contributed by atoms with E-state index in [0.717, 1.165) is 43.6 Å². The molecule has 3 heterocycles. The van der Waals surface area contributed by atoms with Crippen LogP contribution in [0.2, 0.25) is 0 Å². The Morgan fingerprint density at radius 2 is 1.93 bits per heavy atom. The van der Waals surface area contributed by atoms with Crippen LogP contribution in [-0.2, 0) is 6.18 Å². The molecule has 0 radical (unpaired) electrons. The normalized spacial score (nSPS) is 18.5. The Morgan fingerprint density at radius 1 is 1.18 bits per heavy atom. The minimum atomic E-state index is -4.37. The molecule has 148 valence electrons. The molecule has 0 bridgehead atoms. The Labute approximate surface area is 160 Å². The van der Waals surface area contributed by atoms with E-state index in [0.29, 0.717) is 28.6 Å². The first-order valence-corrected chi connectivity index (χ1v) is 9.13. The highest BCUT2D eigenvalue weighted by atomic mass is 19.4. The highest BCUT2D eigenvalue weighted by molar-refractivity contribution is 5.95. The number of nitrogens with one attached hydrogen (secondary N) is 1. The number of imidazole rings is 1. The van der Waals surface area contributed by atoms with Gasteiger partial charge in [-0.1, -0.05) is 12.1 Å². The summed E-state index contributed by atoms with van der Waals surface area (Å²) in [5, 5.41) is 8.70. The lowest BCUT2D eigenvalue weighted by Crippen LogP contribution is -2.45. The van der Waals surface area contributed by atoms with Crippen LogP contribution in [-0.4, -0.2) is 58.3 Å². The van der Waals surface area contributed by atoms with Crippen LogP contribution in [0, 0.1) is 0 Å². The van der Waals surface area contributed by atoms with Crippen molar-refractivity contribution in [3.63, 3.8) is 0 Å². The molecule has 1 fully saturated rings. The number of likely N-dealkylation sites (N-methyl/N-ethyl adjacent to an activating group) is 2. The summed E-state index contributed by atoms with van der Waals surface area (Å²) in [7, 11) is 4.09. The smallest absolute Gasteiger partial charge is 0.352 e. The third kappa shape index (κ3) is 3.42. The molecule has 1 N–H and O–H groups in total. The number of hydrogen-bond acceptors (Lipinski definition) is 5. The molecule has 9 heteroatoms. The number of rotatable bonds is 3.